The van der Waals surface area contributed by atoms with E-state index in [0.29, 0.717) is 0 Å². The summed E-state index contributed by atoms with van der Waals surface area (Å²) in [5.41, 5.74) is 7.63. The summed E-state index contributed by atoms with van der Waals surface area (Å²) in [5.74, 6) is 1.38. The molecule has 2 N–H and O–H groups in total. The van der Waals surface area contributed by atoms with E-state index in [4.69, 9.17) is 27.3 Å². The molecule has 0 saturated heterocycles. The number of halogens is 1. The maximum Gasteiger partial charge on any atom is 0.228 e. The van der Waals surface area contributed by atoms with Crippen molar-refractivity contribution in [2.75, 3.05) is 23.9 Å². The van der Waals surface area contributed by atoms with Crippen LogP contribution in [0.3, 0.4) is 0 Å². The molecule has 1 saturated carbocycles. The Morgan fingerprint density at radius 1 is 1.14 bits per heavy atom. The molecule has 1 aromatic heterocycles. The van der Waals surface area contributed by atoms with E-state index in [1.807, 2.05) is 44.1 Å². The van der Waals surface area contributed by atoms with Gasteiger partial charge < -0.3 is 15.5 Å². The average Bonchev–Trinajstić information content (AvgIpc) is 2.68. The Hall–Kier alpha value is -2.34. The van der Waals surface area contributed by atoms with Gasteiger partial charge in [0.25, 0.3) is 0 Å². The lowest BCUT2D eigenvalue weighted by atomic mass is 9.84. The second-order valence-electron chi connectivity index (χ2n) is 8.10. The van der Waals surface area contributed by atoms with Crippen molar-refractivity contribution in [3.8, 4) is 0 Å². The van der Waals surface area contributed by atoms with E-state index < -0.39 is 0 Å². The van der Waals surface area contributed by atoms with Crippen LogP contribution >= 0.6 is 11.6 Å². The number of primary amides is 1. The van der Waals surface area contributed by atoms with Crippen LogP contribution in [0.2, 0.25) is 5.02 Å². The number of nitrogens with zero attached hydrogens (tertiary/aromatic N) is 4. The molecule has 0 unspecified atom stereocenters. The Bertz CT molecular complexity index is 847. The number of aromatic nitrogens is 2. The zero-order chi connectivity index (χ0) is 21.1. The molecule has 7 heteroatoms. The summed E-state index contributed by atoms with van der Waals surface area (Å²) < 4.78 is 0. The smallest absolute Gasteiger partial charge is 0.228 e. The standard InChI is InChI=1S/C22H30ClN5O/c1-14-13-20(27(3)4)26-22(25-14)28(15(2)16-5-9-18(23)10-6-16)19-11-7-17(8-12-19)21(24)29/h5-6,9-10,13,15,17,19H,7-8,11-12H2,1-4H3,(H2,24,29)/t15-,17?,19?/m1/s1. The normalized spacial score (nSPS) is 20.2. The average molecular weight is 416 g/mol. The molecule has 0 bridgehead atoms. The molecule has 1 aliphatic rings. The molecule has 1 aliphatic carbocycles. The van der Waals surface area contributed by atoms with Gasteiger partial charge in [-0.1, -0.05) is 23.7 Å². The van der Waals surface area contributed by atoms with Crippen LogP contribution in [0.25, 0.3) is 0 Å². The van der Waals surface area contributed by atoms with E-state index in [-0.39, 0.29) is 23.9 Å². The van der Waals surface area contributed by atoms with Gasteiger partial charge in [0.05, 0.1) is 6.04 Å². The first kappa shape index (κ1) is 21.4. The highest BCUT2D eigenvalue weighted by Crippen LogP contribution is 2.36. The number of rotatable bonds is 6. The largest absolute Gasteiger partial charge is 0.369 e. The van der Waals surface area contributed by atoms with Gasteiger partial charge in [-0.15, -0.1) is 0 Å². The number of amides is 1. The summed E-state index contributed by atoms with van der Waals surface area (Å²) in [6, 6.07) is 10.2. The highest BCUT2D eigenvalue weighted by molar-refractivity contribution is 6.30. The molecule has 0 aliphatic heterocycles. The zero-order valence-corrected chi connectivity index (χ0v) is 18.4. The molecule has 1 aromatic carbocycles. The molecule has 6 nitrogen and oxygen atoms in total. The highest BCUT2D eigenvalue weighted by atomic mass is 35.5. The van der Waals surface area contributed by atoms with Crippen LogP contribution in [0.4, 0.5) is 11.8 Å². The van der Waals surface area contributed by atoms with Crippen molar-refractivity contribution in [1.29, 1.82) is 0 Å². The number of hydrogen-bond donors (Lipinski definition) is 1. The van der Waals surface area contributed by atoms with Crippen LogP contribution in [-0.4, -0.2) is 36.0 Å². The van der Waals surface area contributed by atoms with Gasteiger partial charge in [0.2, 0.25) is 11.9 Å². The maximum atomic E-state index is 11.6. The number of anilines is 2. The maximum absolute atomic E-state index is 11.6. The van der Waals surface area contributed by atoms with E-state index in [9.17, 15) is 4.79 Å². The van der Waals surface area contributed by atoms with Crippen molar-refractivity contribution >= 4 is 29.3 Å². The molecule has 1 atom stereocenters. The number of hydrogen-bond acceptors (Lipinski definition) is 5. The van der Waals surface area contributed by atoms with Gasteiger partial charge in [0, 0.05) is 42.8 Å². The van der Waals surface area contributed by atoms with Crippen LogP contribution in [-0.2, 0) is 4.79 Å². The van der Waals surface area contributed by atoms with Gasteiger partial charge in [0.15, 0.2) is 0 Å². The van der Waals surface area contributed by atoms with Crippen LogP contribution < -0.4 is 15.5 Å². The molecular weight excluding hydrogens is 386 g/mol. The van der Waals surface area contributed by atoms with Gasteiger partial charge in [-0.25, -0.2) is 4.98 Å². The third kappa shape index (κ3) is 4.99. The van der Waals surface area contributed by atoms with Gasteiger partial charge in [0.1, 0.15) is 5.82 Å². The Kier molecular flexibility index (Phi) is 6.63. The monoisotopic (exact) mass is 415 g/mol. The SMILES string of the molecule is Cc1cc(N(C)C)nc(N(C2CCC(C(N)=O)CC2)[C@H](C)c2ccc(Cl)cc2)n1. The molecule has 156 valence electrons. The summed E-state index contributed by atoms with van der Waals surface area (Å²) in [5, 5.41) is 0.719. The van der Waals surface area contributed by atoms with E-state index in [1.165, 1.54) is 0 Å². The number of nitrogens with two attached hydrogens (primary N) is 1. The first-order valence-electron chi connectivity index (χ1n) is 10.1. The van der Waals surface area contributed by atoms with Crippen molar-refractivity contribution < 1.29 is 4.79 Å². The molecule has 29 heavy (non-hydrogen) atoms. The molecule has 0 radical (unpaired) electrons. The Morgan fingerprint density at radius 2 is 1.76 bits per heavy atom. The van der Waals surface area contributed by atoms with E-state index in [2.05, 4.69) is 24.0 Å². The Labute approximate surface area is 178 Å². The molecule has 1 fully saturated rings. The first-order chi connectivity index (χ1) is 13.8. The van der Waals surface area contributed by atoms with Gasteiger partial charge in [-0.3, -0.25) is 4.79 Å². The second-order valence-corrected chi connectivity index (χ2v) is 8.54. The molecule has 3 rings (SSSR count). The summed E-state index contributed by atoms with van der Waals surface area (Å²) in [4.78, 5) is 25.5. The minimum absolute atomic E-state index is 0.0327. The Morgan fingerprint density at radius 3 is 2.31 bits per heavy atom. The van der Waals surface area contributed by atoms with Crippen LogP contribution in [0.1, 0.15) is 49.9 Å². The summed E-state index contributed by atoms with van der Waals surface area (Å²) in [7, 11) is 3.97. The third-order valence-electron chi connectivity index (χ3n) is 5.78. The number of benzene rings is 1. The number of carbonyl (C=O) groups is 1. The quantitative estimate of drug-likeness (QED) is 0.768. The molecule has 1 heterocycles. The number of aryl methyl sites for hydroxylation is 1. The van der Waals surface area contributed by atoms with Crippen molar-refractivity contribution in [3.63, 3.8) is 0 Å². The van der Waals surface area contributed by atoms with Crippen molar-refractivity contribution in [1.82, 2.24) is 9.97 Å². The van der Waals surface area contributed by atoms with Gasteiger partial charge in [-0.05, 0) is 57.2 Å². The minimum atomic E-state index is -0.192. The van der Waals surface area contributed by atoms with Crippen molar-refractivity contribution in [3.05, 3.63) is 46.6 Å². The predicted molar refractivity (Wildman–Crippen MR) is 118 cm³/mol. The molecule has 2 aromatic rings. The fourth-order valence-corrected chi connectivity index (χ4v) is 4.20. The predicted octanol–water partition coefficient (Wildman–Crippen LogP) is 4.12. The van der Waals surface area contributed by atoms with Gasteiger partial charge >= 0.3 is 0 Å². The van der Waals surface area contributed by atoms with Crippen LogP contribution in [0, 0.1) is 12.8 Å². The summed E-state index contributed by atoms with van der Waals surface area (Å²) in [6.07, 6.45) is 3.38. The molecular formula is C22H30ClN5O. The zero-order valence-electron chi connectivity index (χ0n) is 17.6. The van der Waals surface area contributed by atoms with E-state index in [0.717, 1.165) is 53.7 Å². The van der Waals surface area contributed by atoms with Crippen LogP contribution in [0.15, 0.2) is 30.3 Å². The Balaban J connectivity index is 1.98. The minimum Gasteiger partial charge on any atom is -0.369 e. The lowest BCUT2D eigenvalue weighted by molar-refractivity contribution is -0.122. The fraction of sp³-hybridized carbons (Fsp3) is 0.500. The van der Waals surface area contributed by atoms with Crippen molar-refractivity contribution in [2.24, 2.45) is 11.7 Å². The van der Waals surface area contributed by atoms with Gasteiger partial charge in [-0.2, -0.15) is 4.98 Å². The number of carbonyl (C=O) groups excluding carboxylic acids is 1. The summed E-state index contributed by atoms with van der Waals surface area (Å²) in [6.45, 7) is 4.16. The lowest BCUT2D eigenvalue weighted by Crippen LogP contribution is -2.42. The van der Waals surface area contributed by atoms with Crippen LogP contribution in [0.5, 0.6) is 0 Å². The fourth-order valence-electron chi connectivity index (χ4n) is 4.07. The second kappa shape index (κ2) is 8.99. The summed E-state index contributed by atoms with van der Waals surface area (Å²) >= 11 is 6.10. The third-order valence-corrected chi connectivity index (χ3v) is 6.03. The highest BCUT2D eigenvalue weighted by Gasteiger charge is 2.33. The van der Waals surface area contributed by atoms with E-state index in [1.54, 1.807) is 0 Å². The first-order valence-corrected chi connectivity index (χ1v) is 10.5. The molecule has 1 amide bonds. The van der Waals surface area contributed by atoms with E-state index >= 15 is 0 Å². The lowest BCUT2D eigenvalue weighted by Gasteiger charge is -2.40. The topological polar surface area (TPSA) is 75.3 Å². The van der Waals surface area contributed by atoms with Crippen molar-refractivity contribution in [2.45, 2.75) is 51.6 Å². The molecule has 0 spiro atoms.